The minimum absolute atomic E-state index is 0.149. The van der Waals surface area contributed by atoms with Crippen LogP contribution in [0.15, 0.2) is 18.2 Å². The number of benzene rings is 1. The monoisotopic (exact) mass is 414 g/mol. The molecule has 1 aliphatic heterocycles. The van der Waals surface area contributed by atoms with Crippen LogP contribution >= 0.6 is 23.2 Å². The SMILES string of the molecule is CC(C)(C)OC(=O)N1CCCN(c2ccc(Cl)c(Cl)c2)C(=O)C1C(C)(C)C. The molecule has 0 saturated carbocycles. The molecule has 0 N–H and O–H groups in total. The third kappa shape index (κ3) is 5.29. The van der Waals surface area contributed by atoms with Crippen LogP contribution in [0.25, 0.3) is 0 Å². The number of ether oxygens (including phenoxy) is 1. The van der Waals surface area contributed by atoms with E-state index in [1.54, 1.807) is 28.0 Å². The normalized spacial score (nSPS) is 19.1. The van der Waals surface area contributed by atoms with Crippen molar-refractivity contribution in [2.24, 2.45) is 5.41 Å². The summed E-state index contributed by atoms with van der Waals surface area (Å²) in [6, 6.07) is 4.48. The highest BCUT2D eigenvalue weighted by Gasteiger charge is 2.44. The number of carbonyl (C=O) groups is 2. The molecule has 0 aliphatic carbocycles. The van der Waals surface area contributed by atoms with Crippen LogP contribution in [0, 0.1) is 5.41 Å². The van der Waals surface area contributed by atoms with Crippen LogP contribution in [0.5, 0.6) is 0 Å². The fraction of sp³-hybridized carbons (Fsp3) is 0.600. The predicted octanol–water partition coefficient (Wildman–Crippen LogP) is 5.38. The molecule has 27 heavy (non-hydrogen) atoms. The Labute approximate surface area is 171 Å². The number of hydrogen-bond acceptors (Lipinski definition) is 3. The van der Waals surface area contributed by atoms with Gasteiger partial charge in [0.2, 0.25) is 5.91 Å². The van der Waals surface area contributed by atoms with Crippen LogP contribution < -0.4 is 4.90 Å². The molecule has 1 saturated heterocycles. The van der Waals surface area contributed by atoms with E-state index in [0.717, 1.165) is 0 Å². The first-order valence-corrected chi connectivity index (χ1v) is 9.83. The lowest BCUT2D eigenvalue weighted by Gasteiger charge is -2.39. The Morgan fingerprint density at radius 1 is 1.07 bits per heavy atom. The van der Waals surface area contributed by atoms with Crippen molar-refractivity contribution in [3.8, 4) is 0 Å². The summed E-state index contributed by atoms with van der Waals surface area (Å²) in [5, 5.41) is 0.827. The van der Waals surface area contributed by atoms with Gasteiger partial charge in [-0.1, -0.05) is 44.0 Å². The fourth-order valence-corrected chi connectivity index (χ4v) is 3.48. The van der Waals surface area contributed by atoms with Crippen LogP contribution in [0.2, 0.25) is 10.0 Å². The molecule has 0 aromatic heterocycles. The molecule has 1 atom stereocenters. The van der Waals surface area contributed by atoms with Crippen molar-refractivity contribution in [2.45, 2.75) is 59.6 Å². The zero-order chi connectivity index (χ0) is 20.6. The highest BCUT2D eigenvalue weighted by Crippen LogP contribution is 2.33. The van der Waals surface area contributed by atoms with Gasteiger partial charge >= 0.3 is 6.09 Å². The van der Waals surface area contributed by atoms with Crippen LogP contribution in [0.4, 0.5) is 10.5 Å². The molecule has 0 bridgehead atoms. The summed E-state index contributed by atoms with van der Waals surface area (Å²) in [6.07, 6.45) is 0.171. The smallest absolute Gasteiger partial charge is 0.410 e. The Morgan fingerprint density at radius 3 is 2.22 bits per heavy atom. The molecular weight excluding hydrogens is 387 g/mol. The van der Waals surface area contributed by atoms with Gasteiger partial charge in [0, 0.05) is 18.8 Å². The van der Waals surface area contributed by atoms with Gasteiger partial charge < -0.3 is 9.64 Å². The number of carbonyl (C=O) groups excluding carboxylic acids is 2. The van der Waals surface area contributed by atoms with Gasteiger partial charge in [-0.3, -0.25) is 9.69 Å². The zero-order valence-corrected chi connectivity index (χ0v) is 18.3. The molecule has 1 unspecified atom stereocenters. The van der Waals surface area contributed by atoms with Crippen molar-refractivity contribution in [3.63, 3.8) is 0 Å². The van der Waals surface area contributed by atoms with E-state index >= 15 is 0 Å². The number of nitrogens with zero attached hydrogens (tertiary/aromatic N) is 2. The van der Waals surface area contributed by atoms with Gasteiger partial charge in [-0.2, -0.15) is 0 Å². The lowest BCUT2D eigenvalue weighted by atomic mass is 9.85. The Bertz CT molecular complexity index is 723. The van der Waals surface area contributed by atoms with Crippen LogP contribution in [0.3, 0.4) is 0 Å². The van der Waals surface area contributed by atoms with Gasteiger partial charge in [0.1, 0.15) is 11.6 Å². The molecule has 2 rings (SSSR count). The highest BCUT2D eigenvalue weighted by atomic mass is 35.5. The zero-order valence-electron chi connectivity index (χ0n) is 16.8. The largest absolute Gasteiger partial charge is 0.444 e. The highest BCUT2D eigenvalue weighted by molar-refractivity contribution is 6.42. The lowest BCUT2D eigenvalue weighted by molar-refractivity contribution is -0.126. The molecule has 7 heteroatoms. The van der Waals surface area contributed by atoms with Crippen LogP contribution in [-0.4, -0.2) is 41.6 Å². The molecule has 1 aliphatic rings. The van der Waals surface area contributed by atoms with Crippen molar-refractivity contribution in [2.75, 3.05) is 18.0 Å². The van der Waals surface area contributed by atoms with Crippen molar-refractivity contribution >= 4 is 40.9 Å². The Morgan fingerprint density at radius 2 is 1.70 bits per heavy atom. The summed E-state index contributed by atoms with van der Waals surface area (Å²) in [5.74, 6) is -0.149. The topological polar surface area (TPSA) is 49.9 Å². The molecular formula is C20H28Cl2N2O3. The quantitative estimate of drug-likeness (QED) is 0.619. The maximum absolute atomic E-state index is 13.5. The van der Waals surface area contributed by atoms with Crippen molar-refractivity contribution in [1.29, 1.82) is 0 Å². The standard InChI is InChI=1S/C20H28Cl2N2O3/c1-19(2,3)16-17(25)23(13-8-9-14(21)15(22)12-13)10-7-11-24(16)18(26)27-20(4,5)6/h8-9,12,16H,7,10-11H2,1-6H3. The minimum Gasteiger partial charge on any atom is -0.444 e. The van der Waals surface area contributed by atoms with E-state index in [9.17, 15) is 9.59 Å². The maximum Gasteiger partial charge on any atom is 0.410 e. The summed E-state index contributed by atoms with van der Waals surface area (Å²) in [7, 11) is 0. The third-order valence-electron chi connectivity index (χ3n) is 4.26. The molecule has 150 valence electrons. The molecule has 0 radical (unpaired) electrons. The first-order valence-electron chi connectivity index (χ1n) is 9.07. The van der Waals surface area contributed by atoms with E-state index in [1.165, 1.54) is 0 Å². The van der Waals surface area contributed by atoms with Gasteiger partial charge in [0.05, 0.1) is 10.0 Å². The van der Waals surface area contributed by atoms with Crippen molar-refractivity contribution in [3.05, 3.63) is 28.2 Å². The maximum atomic E-state index is 13.5. The van der Waals surface area contributed by atoms with Crippen molar-refractivity contribution < 1.29 is 14.3 Å². The van der Waals surface area contributed by atoms with Gasteiger partial charge in [-0.25, -0.2) is 4.79 Å². The molecule has 1 fully saturated rings. The molecule has 2 amide bonds. The minimum atomic E-state index is -0.649. The van der Waals surface area contributed by atoms with Crippen LogP contribution in [0.1, 0.15) is 48.0 Å². The Kier molecular flexibility index (Phi) is 6.37. The van der Waals surface area contributed by atoms with E-state index < -0.39 is 23.2 Å². The number of anilines is 1. The first-order chi connectivity index (χ1) is 12.3. The van der Waals surface area contributed by atoms with Crippen molar-refractivity contribution in [1.82, 2.24) is 4.90 Å². The number of halogens is 2. The summed E-state index contributed by atoms with van der Waals surface area (Å²) < 4.78 is 5.56. The second kappa shape index (κ2) is 7.88. The summed E-state index contributed by atoms with van der Waals surface area (Å²) in [6.45, 7) is 12.2. The lowest BCUT2D eigenvalue weighted by Crippen LogP contribution is -2.55. The number of amides is 2. The van der Waals surface area contributed by atoms with E-state index in [4.69, 9.17) is 27.9 Å². The summed E-state index contributed by atoms with van der Waals surface area (Å²) in [4.78, 5) is 29.5. The predicted molar refractivity (Wildman–Crippen MR) is 110 cm³/mol. The number of hydrogen-bond donors (Lipinski definition) is 0. The summed E-state index contributed by atoms with van der Waals surface area (Å²) in [5.41, 5.74) is -0.417. The molecule has 0 spiro atoms. The average molecular weight is 415 g/mol. The number of rotatable bonds is 1. The third-order valence-corrected chi connectivity index (χ3v) is 4.99. The Balaban J connectivity index is 2.41. The van der Waals surface area contributed by atoms with E-state index in [0.29, 0.717) is 35.2 Å². The second-order valence-electron chi connectivity index (χ2n) is 8.88. The van der Waals surface area contributed by atoms with E-state index in [2.05, 4.69) is 0 Å². The summed E-state index contributed by atoms with van der Waals surface area (Å²) >= 11 is 12.2. The molecule has 1 aromatic carbocycles. The Hall–Kier alpha value is -1.46. The average Bonchev–Trinajstić information content (AvgIpc) is 2.67. The van der Waals surface area contributed by atoms with Gasteiger partial charge in [-0.05, 0) is 50.8 Å². The van der Waals surface area contributed by atoms with E-state index in [1.807, 2.05) is 41.5 Å². The second-order valence-corrected chi connectivity index (χ2v) is 9.70. The molecule has 1 aromatic rings. The molecule has 1 heterocycles. The first kappa shape index (κ1) is 21.8. The fourth-order valence-electron chi connectivity index (χ4n) is 3.18. The van der Waals surface area contributed by atoms with Crippen LogP contribution in [-0.2, 0) is 9.53 Å². The van der Waals surface area contributed by atoms with E-state index in [-0.39, 0.29) is 5.91 Å². The van der Waals surface area contributed by atoms with Gasteiger partial charge in [0.15, 0.2) is 0 Å². The van der Waals surface area contributed by atoms with Gasteiger partial charge in [0.25, 0.3) is 0 Å². The molecule has 5 nitrogen and oxygen atoms in total. The van der Waals surface area contributed by atoms with Gasteiger partial charge in [-0.15, -0.1) is 0 Å².